The predicted molar refractivity (Wildman–Crippen MR) is 87.1 cm³/mol. The molecule has 0 aromatic heterocycles. The van der Waals surface area contributed by atoms with Crippen LogP contribution in [0.3, 0.4) is 0 Å². The lowest BCUT2D eigenvalue weighted by Crippen LogP contribution is -2.19. The molecule has 2 heteroatoms. The Morgan fingerprint density at radius 3 is 2.15 bits per heavy atom. The largest absolute Gasteiger partial charge is 0.390 e. The fourth-order valence-electron chi connectivity index (χ4n) is 1.94. The van der Waals surface area contributed by atoms with Crippen molar-refractivity contribution >= 4 is 11.8 Å². The van der Waals surface area contributed by atoms with E-state index in [1.54, 1.807) is 0 Å². The zero-order valence-electron chi connectivity index (χ0n) is 12.2. The van der Waals surface area contributed by atoms with Crippen molar-refractivity contribution in [2.24, 2.45) is 0 Å². The first-order chi connectivity index (χ1) is 9.53. The average molecular weight is 286 g/mol. The van der Waals surface area contributed by atoms with Crippen molar-refractivity contribution in [3.63, 3.8) is 0 Å². The zero-order valence-corrected chi connectivity index (χ0v) is 13.0. The van der Waals surface area contributed by atoms with E-state index < -0.39 is 5.60 Å². The van der Waals surface area contributed by atoms with Crippen molar-refractivity contribution in [2.45, 2.75) is 42.9 Å². The molecule has 0 atom stereocenters. The summed E-state index contributed by atoms with van der Waals surface area (Å²) in [5.74, 6) is 1.00. The van der Waals surface area contributed by atoms with E-state index in [9.17, 15) is 5.11 Å². The molecule has 0 unspecified atom stereocenters. The van der Waals surface area contributed by atoms with Gasteiger partial charge >= 0.3 is 0 Å². The molecule has 0 spiro atoms. The highest BCUT2D eigenvalue weighted by Gasteiger charge is 2.11. The smallest absolute Gasteiger partial charge is 0.0594 e. The summed E-state index contributed by atoms with van der Waals surface area (Å²) in [6.07, 6.45) is 1.72. The van der Waals surface area contributed by atoms with Gasteiger partial charge < -0.3 is 5.11 Å². The Balaban J connectivity index is 1.85. The van der Waals surface area contributed by atoms with Gasteiger partial charge in [0.1, 0.15) is 0 Å². The Labute approximate surface area is 126 Å². The predicted octanol–water partition coefficient (Wildman–Crippen LogP) is 4.68. The highest BCUT2D eigenvalue weighted by Crippen LogP contribution is 2.23. The molecule has 0 fully saturated rings. The first-order valence-corrected chi connectivity index (χ1v) is 7.99. The number of aryl methyl sites for hydroxylation is 1. The van der Waals surface area contributed by atoms with Gasteiger partial charge in [-0.05, 0) is 49.9 Å². The van der Waals surface area contributed by atoms with Crippen LogP contribution in [0.1, 0.15) is 31.4 Å². The second kappa shape index (κ2) is 6.96. The molecule has 2 aromatic carbocycles. The summed E-state index contributed by atoms with van der Waals surface area (Å²) < 4.78 is 0. The van der Waals surface area contributed by atoms with E-state index in [2.05, 4.69) is 48.5 Å². The maximum Gasteiger partial charge on any atom is 0.0594 e. The fourth-order valence-corrected chi connectivity index (χ4v) is 2.80. The van der Waals surface area contributed by atoms with E-state index in [1.165, 1.54) is 16.0 Å². The van der Waals surface area contributed by atoms with Crippen LogP contribution < -0.4 is 0 Å². The van der Waals surface area contributed by atoms with Crippen LogP contribution in [0, 0.1) is 0 Å². The van der Waals surface area contributed by atoms with Gasteiger partial charge in [-0.15, -0.1) is 11.8 Å². The van der Waals surface area contributed by atoms with Crippen LogP contribution in [-0.4, -0.2) is 10.7 Å². The van der Waals surface area contributed by atoms with E-state index >= 15 is 0 Å². The normalized spacial score (nSPS) is 11.6. The van der Waals surface area contributed by atoms with Crippen molar-refractivity contribution in [1.82, 2.24) is 0 Å². The summed E-state index contributed by atoms with van der Waals surface area (Å²) in [6.45, 7) is 3.72. The molecule has 2 rings (SSSR count). The SMILES string of the molecule is CC(C)(O)CCc1ccc(SCc2ccccc2)cc1. The van der Waals surface area contributed by atoms with E-state index in [0.717, 1.165) is 18.6 Å². The lowest BCUT2D eigenvalue weighted by molar-refractivity contribution is 0.0714. The summed E-state index contributed by atoms with van der Waals surface area (Å²) in [6, 6.07) is 19.2. The highest BCUT2D eigenvalue weighted by atomic mass is 32.2. The third-order valence-corrected chi connectivity index (χ3v) is 4.28. The molecule has 20 heavy (non-hydrogen) atoms. The van der Waals surface area contributed by atoms with E-state index in [-0.39, 0.29) is 0 Å². The van der Waals surface area contributed by atoms with Crippen LogP contribution in [0.2, 0.25) is 0 Å². The van der Waals surface area contributed by atoms with Gasteiger partial charge in [-0.3, -0.25) is 0 Å². The van der Waals surface area contributed by atoms with Gasteiger partial charge in [-0.1, -0.05) is 42.5 Å². The lowest BCUT2D eigenvalue weighted by Gasteiger charge is -2.16. The first kappa shape index (κ1) is 15.1. The molecule has 106 valence electrons. The standard InChI is InChI=1S/C18H22OS/c1-18(2,19)13-12-15-8-10-17(11-9-15)20-14-16-6-4-3-5-7-16/h3-11,19H,12-14H2,1-2H3. The van der Waals surface area contributed by atoms with Crippen LogP contribution in [-0.2, 0) is 12.2 Å². The Morgan fingerprint density at radius 1 is 0.900 bits per heavy atom. The zero-order chi connectivity index (χ0) is 14.4. The average Bonchev–Trinajstić information content (AvgIpc) is 2.44. The molecule has 0 saturated carbocycles. The molecular weight excluding hydrogens is 264 g/mol. The molecule has 1 N–H and O–H groups in total. The Kier molecular flexibility index (Phi) is 5.27. The molecule has 0 radical (unpaired) electrons. The van der Waals surface area contributed by atoms with Gasteiger partial charge in [-0.25, -0.2) is 0 Å². The molecule has 0 saturated heterocycles. The molecule has 0 aliphatic heterocycles. The fraction of sp³-hybridized carbons (Fsp3) is 0.333. The van der Waals surface area contributed by atoms with Crippen LogP contribution in [0.15, 0.2) is 59.5 Å². The number of hydrogen-bond acceptors (Lipinski definition) is 2. The van der Waals surface area contributed by atoms with E-state index in [1.807, 2.05) is 31.7 Å². The van der Waals surface area contributed by atoms with Crippen LogP contribution in [0.25, 0.3) is 0 Å². The van der Waals surface area contributed by atoms with Gasteiger partial charge in [0.2, 0.25) is 0 Å². The second-order valence-corrected chi connectivity index (χ2v) is 6.78. The summed E-state index contributed by atoms with van der Waals surface area (Å²) >= 11 is 1.86. The van der Waals surface area contributed by atoms with Crippen molar-refractivity contribution in [2.75, 3.05) is 0 Å². The summed E-state index contributed by atoms with van der Waals surface area (Å²) in [7, 11) is 0. The number of rotatable bonds is 6. The van der Waals surface area contributed by atoms with E-state index in [0.29, 0.717) is 0 Å². The van der Waals surface area contributed by atoms with Crippen molar-refractivity contribution in [3.8, 4) is 0 Å². The second-order valence-electron chi connectivity index (χ2n) is 5.73. The minimum Gasteiger partial charge on any atom is -0.390 e. The minimum absolute atomic E-state index is 0.583. The lowest BCUT2D eigenvalue weighted by atomic mass is 9.99. The van der Waals surface area contributed by atoms with E-state index in [4.69, 9.17) is 0 Å². The van der Waals surface area contributed by atoms with Crippen molar-refractivity contribution in [3.05, 3.63) is 65.7 Å². The number of hydrogen-bond donors (Lipinski definition) is 1. The van der Waals surface area contributed by atoms with Crippen molar-refractivity contribution < 1.29 is 5.11 Å². The number of aliphatic hydroxyl groups is 1. The monoisotopic (exact) mass is 286 g/mol. The first-order valence-electron chi connectivity index (χ1n) is 7.01. The van der Waals surface area contributed by atoms with Crippen molar-refractivity contribution in [1.29, 1.82) is 0 Å². The van der Waals surface area contributed by atoms with Crippen LogP contribution in [0.4, 0.5) is 0 Å². The number of benzene rings is 2. The highest BCUT2D eigenvalue weighted by molar-refractivity contribution is 7.98. The molecule has 1 nitrogen and oxygen atoms in total. The molecule has 0 heterocycles. The Bertz CT molecular complexity index is 511. The van der Waals surface area contributed by atoms with Gasteiger partial charge in [-0.2, -0.15) is 0 Å². The maximum atomic E-state index is 9.74. The topological polar surface area (TPSA) is 20.2 Å². The minimum atomic E-state index is -0.583. The van der Waals surface area contributed by atoms with Gasteiger partial charge in [0.05, 0.1) is 5.60 Å². The summed E-state index contributed by atoms with van der Waals surface area (Å²) in [4.78, 5) is 1.29. The Morgan fingerprint density at radius 2 is 1.55 bits per heavy atom. The molecule has 0 aliphatic rings. The third kappa shape index (κ3) is 5.40. The van der Waals surface area contributed by atoms with Gasteiger partial charge in [0.15, 0.2) is 0 Å². The quantitative estimate of drug-likeness (QED) is 0.778. The number of thioether (sulfide) groups is 1. The molecular formula is C18H22OS. The Hall–Kier alpha value is -1.25. The van der Waals surface area contributed by atoms with Crippen LogP contribution in [0.5, 0.6) is 0 Å². The van der Waals surface area contributed by atoms with Crippen LogP contribution >= 0.6 is 11.8 Å². The summed E-state index contributed by atoms with van der Waals surface area (Å²) in [5.41, 5.74) is 2.06. The molecule has 0 bridgehead atoms. The molecule has 2 aromatic rings. The molecule has 0 aliphatic carbocycles. The molecule has 0 amide bonds. The maximum absolute atomic E-state index is 9.74. The summed E-state index contributed by atoms with van der Waals surface area (Å²) in [5, 5.41) is 9.74. The van der Waals surface area contributed by atoms with Gasteiger partial charge in [0, 0.05) is 10.6 Å². The van der Waals surface area contributed by atoms with Gasteiger partial charge in [0.25, 0.3) is 0 Å². The third-order valence-electron chi connectivity index (χ3n) is 3.20.